The smallest absolute Gasteiger partial charge is 0.338 e. The van der Waals surface area contributed by atoms with Crippen LogP contribution in [0.5, 0.6) is 0 Å². The molecule has 1 saturated heterocycles. The molecule has 0 amide bonds. The van der Waals surface area contributed by atoms with Crippen LogP contribution in [0.25, 0.3) is 0 Å². The average Bonchev–Trinajstić information content (AvgIpc) is 2.86. The normalized spacial score (nSPS) is 24.1. The van der Waals surface area contributed by atoms with Gasteiger partial charge in [0.1, 0.15) is 0 Å². The second-order valence-electron chi connectivity index (χ2n) is 4.43. The predicted molar refractivity (Wildman–Crippen MR) is 67.6 cm³/mol. The van der Waals surface area contributed by atoms with Crippen LogP contribution in [-0.2, 0) is 34.3 Å². The maximum Gasteiger partial charge on any atom is 0.338 e. The Labute approximate surface area is 116 Å². The molecule has 1 aliphatic rings. The fourth-order valence-corrected chi connectivity index (χ4v) is 2.09. The lowest BCUT2D eigenvalue weighted by atomic mass is 10.1. The molecule has 1 aliphatic heterocycles. The van der Waals surface area contributed by atoms with Gasteiger partial charge in [-0.3, -0.25) is 0 Å². The molecule has 1 aromatic carbocycles. The van der Waals surface area contributed by atoms with Crippen molar-refractivity contribution in [3.05, 3.63) is 35.9 Å². The molecular weight excluding hydrogens is 264 g/mol. The van der Waals surface area contributed by atoms with E-state index in [0.29, 0.717) is 5.56 Å². The molecule has 2 atom stereocenters. The highest BCUT2D eigenvalue weighted by Crippen LogP contribution is 2.38. The summed E-state index contributed by atoms with van der Waals surface area (Å²) >= 11 is 0. The van der Waals surface area contributed by atoms with Crippen LogP contribution >= 0.6 is 0 Å². The van der Waals surface area contributed by atoms with Crippen molar-refractivity contribution in [2.24, 2.45) is 0 Å². The summed E-state index contributed by atoms with van der Waals surface area (Å²) in [6.07, 6.45) is -2.31. The molecular formula is C14H16O6. The molecule has 108 valence electrons. The Morgan fingerprint density at radius 2 is 1.45 bits per heavy atom. The van der Waals surface area contributed by atoms with Crippen molar-refractivity contribution in [2.45, 2.75) is 24.9 Å². The zero-order chi connectivity index (χ0) is 14.8. The Hall–Kier alpha value is -1.92. The van der Waals surface area contributed by atoms with Crippen molar-refractivity contribution in [2.75, 3.05) is 14.2 Å². The molecule has 2 rings (SSSR count). The van der Waals surface area contributed by atoms with E-state index in [1.165, 1.54) is 14.2 Å². The van der Waals surface area contributed by atoms with Crippen molar-refractivity contribution < 1.29 is 28.5 Å². The van der Waals surface area contributed by atoms with Gasteiger partial charge in [0.2, 0.25) is 0 Å². The number of benzene rings is 1. The molecule has 1 fully saturated rings. The minimum Gasteiger partial charge on any atom is -0.467 e. The van der Waals surface area contributed by atoms with Crippen LogP contribution in [0.2, 0.25) is 0 Å². The molecule has 1 aromatic rings. The number of ether oxygens (including phenoxy) is 4. The maximum atomic E-state index is 11.7. The number of methoxy groups -OCH3 is 2. The number of carbonyl (C=O) groups excluding carboxylic acids is 2. The summed E-state index contributed by atoms with van der Waals surface area (Å²) in [5, 5.41) is 0. The van der Waals surface area contributed by atoms with Gasteiger partial charge >= 0.3 is 11.9 Å². The summed E-state index contributed by atoms with van der Waals surface area (Å²) in [4.78, 5) is 23.5. The van der Waals surface area contributed by atoms with Crippen LogP contribution in [-0.4, -0.2) is 38.4 Å². The first-order valence-corrected chi connectivity index (χ1v) is 6.08. The monoisotopic (exact) mass is 280 g/mol. The molecule has 0 spiro atoms. The number of hydrogen-bond acceptors (Lipinski definition) is 6. The van der Waals surface area contributed by atoms with Gasteiger partial charge in [0.15, 0.2) is 18.0 Å². The van der Waals surface area contributed by atoms with E-state index in [-0.39, 0.29) is 0 Å². The summed E-state index contributed by atoms with van der Waals surface area (Å²) < 4.78 is 20.5. The van der Waals surface area contributed by atoms with Crippen LogP contribution in [0.4, 0.5) is 0 Å². The van der Waals surface area contributed by atoms with E-state index in [4.69, 9.17) is 9.47 Å². The second-order valence-corrected chi connectivity index (χ2v) is 4.43. The van der Waals surface area contributed by atoms with Gasteiger partial charge in [-0.2, -0.15) is 0 Å². The van der Waals surface area contributed by atoms with Gasteiger partial charge in [-0.25, -0.2) is 9.59 Å². The number of rotatable bonds is 3. The standard InChI is InChI=1S/C14H16O6/c1-14(9-7-5-4-6-8-9)19-10(12(15)17-2)11(20-14)13(16)18-3/h4-8,10-11H,1-3H3/t10-,11-/m1/s1. The Kier molecular flexibility index (Phi) is 4.06. The van der Waals surface area contributed by atoms with Gasteiger partial charge in [0.05, 0.1) is 14.2 Å². The molecule has 0 N–H and O–H groups in total. The van der Waals surface area contributed by atoms with E-state index in [0.717, 1.165) is 0 Å². The molecule has 0 saturated carbocycles. The molecule has 0 unspecified atom stereocenters. The zero-order valence-electron chi connectivity index (χ0n) is 11.5. The second kappa shape index (κ2) is 5.60. The first kappa shape index (κ1) is 14.5. The highest BCUT2D eigenvalue weighted by Gasteiger charge is 2.53. The van der Waals surface area contributed by atoms with Crippen molar-refractivity contribution in [1.82, 2.24) is 0 Å². The van der Waals surface area contributed by atoms with Gasteiger partial charge < -0.3 is 18.9 Å². The third-order valence-corrected chi connectivity index (χ3v) is 3.14. The predicted octanol–water partition coefficient (Wildman–Crippen LogP) is 0.989. The lowest BCUT2D eigenvalue weighted by Crippen LogP contribution is -2.38. The van der Waals surface area contributed by atoms with Gasteiger partial charge in [-0.05, 0) is 6.92 Å². The third kappa shape index (κ3) is 2.52. The first-order valence-electron chi connectivity index (χ1n) is 6.08. The highest BCUT2D eigenvalue weighted by molar-refractivity contribution is 5.86. The largest absolute Gasteiger partial charge is 0.467 e. The molecule has 6 heteroatoms. The lowest BCUT2D eigenvalue weighted by Gasteiger charge is -2.23. The summed E-state index contributed by atoms with van der Waals surface area (Å²) in [6.45, 7) is 1.64. The van der Waals surface area contributed by atoms with Crippen molar-refractivity contribution in [3.8, 4) is 0 Å². The summed E-state index contributed by atoms with van der Waals surface area (Å²) in [5.41, 5.74) is 0.695. The van der Waals surface area contributed by atoms with E-state index in [2.05, 4.69) is 9.47 Å². The van der Waals surface area contributed by atoms with E-state index >= 15 is 0 Å². The van der Waals surface area contributed by atoms with Gasteiger partial charge in [0.25, 0.3) is 0 Å². The van der Waals surface area contributed by atoms with Crippen molar-refractivity contribution in [1.29, 1.82) is 0 Å². The van der Waals surface area contributed by atoms with Gasteiger partial charge in [-0.15, -0.1) is 0 Å². The summed E-state index contributed by atoms with van der Waals surface area (Å²) in [6, 6.07) is 9.04. The van der Waals surface area contributed by atoms with Crippen LogP contribution in [0.15, 0.2) is 30.3 Å². The Morgan fingerprint density at radius 3 is 1.85 bits per heavy atom. The minimum atomic E-state index is -1.21. The topological polar surface area (TPSA) is 71.1 Å². The SMILES string of the molecule is COC(=O)[C@@H]1OC(C)(c2ccccc2)O[C@H]1C(=O)OC. The molecule has 0 radical (unpaired) electrons. The van der Waals surface area contributed by atoms with Crippen molar-refractivity contribution >= 4 is 11.9 Å². The van der Waals surface area contributed by atoms with E-state index in [1.807, 2.05) is 18.2 Å². The van der Waals surface area contributed by atoms with E-state index in [1.54, 1.807) is 19.1 Å². The molecule has 1 heterocycles. The van der Waals surface area contributed by atoms with Gasteiger partial charge in [-0.1, -0.05) is 30.3 Å². The quantitative estimate of drug-likeness (QED) is 0.769. The number of hydrogen-bond donors (Lipinski definition) is 0. The molecule has 0 aromatic heterocycles. The van der Waals surface area contributed by atoms with Crippen LogP contribution in [0, 0.1) is 0 Å². The van der Waals surface area contributed by atoms with E-state index < -0.39 is 29.9 Å². The summed E-state index contributed by atoms with van der Waals surface area (Å²) in [7, 11) is 2.44. The lowest BCUT2D eigenvalue weighted by molar-refractivity contribution is -0.185. The molecule has 0 bridgehead atoms. The maximum absolute atomic E-state index is 11.7. The molecule has 0 aliphatic carbocycles. The Morgan fingerprint density at radius 1 is 1.00 bits per heavy atom. The number of carbonyl (C=O) groups is 2. The summed E-state index contributed by atoms with van der Waals surface area (Å²) in [5.74, 6) is -2.57. The van der Waals surface area contributed by atoms with Crippen molar-refractivity contribution in [3.63, 3.8) is 0 Å². The van der Waals surface area contributed by atoms with Crippen LogP contribution < -0.4 is 0 Å². The average molecular weight is 280 g/mol. The Bertz CT molecular complexity index is 474. The zero-order valence-corrected chi connectivity index (χ0v) is 11.5. The van der Waals surface area contributed by atoms with Crippen LogP contribution in [0.3, 0.4) is 0 Å². The van der Waals surface area contributed by atoms with E-state index in [9.17, 15) is 9.59 Å². The molecule has 6 nitrogen and oxygen atoms in total. The highest BCUT2D eigenvalue weighted by atomic mass is 16.8. The van der Waals surface area contributed by atoms with Crippen LogP contribution in [0.1, 0.15) is 12.5 Å². The molecule has 20 heavy (non-hydrogen) atoms. The fraction of sp³-hybridized carbons (Fsp3) is 0.429. The van der Waals surface area contributed by atoms with Gasteiger partial charge in [0, 0.05) is 5.56 Å². The minimum absolute atomic E-state index is 0.681. The Balaban J connectivity index is 2.32. The first-order chi connectivity index (χ1) is 9.51. The third-order valence-electron chi connectivity index (χ3n) is 3.14. The number of esters is 2. The fourth-order valence-electron chi connectivity index (χ4n) is 2.09.